The lowest BCUT2D eigenvalue weighted by atomic mass is 9.71. The van der Waals surface area contributed by atoms with Gasteiger partial charge in [0.05, 0.1) is 13.2 Å². The molecule has 0 aliphatic heterocycles. The minimum atomic E-state index is -1.41. The Bertz CT molecular complexity index is 1050. The van der Waals surface area contributed by atoms with E-state index in [2.05, 4.69) is 24.4 Å². The van der Waals surface area contributed by atoms with E-state index in [1.165, 1.54) is 0 Å². The van der Waals surface area contributed by atoms with Gasteiger partial charge in [0.15, 0.2) is 5.41 Å². The van der Waals surface area contributed by atoms with E-state index in [0.29, 0.717) is 0 Å². The summed E-state index contributed by atoms with van der Waals surface area (Å²) in [7, 11) is 0. The lowest BCUT2D eigenvalue weighted by Crippen LogP contribution is -2.46. The van der Waals surface area contributed by atoms with Crippen LogP contribution in [0.2, 0.25) is 0 Å². The van der Waals surface area contributed by atoms with E-state index in [0.717, 1.165) is 32.3 Å². The third-order valence-electron chi connectivity index (χ3n) is 5.82. The van der Waals surface area contributed by atoms with Crippen LogP contribution in [0.25, 0.3) is 10.1 Å². The van der Waals surface area contributed by atoms with Crippen molar-refractivity contribution in [3.05, 3.63) is 70.1 Å². The first-order valence-electron chi connectivity index (χ1n) is 9.93. The number of ether oxygens (including phenoxy) is 2. The molecule has 29 heavy (non-hydrogen) atoms. The van der Waals surface area contributed by atoms with Crippen molar-refractivity contribution >= 4 is 33.4 Å². The van der Waals surface area contributed by atoms with Crippen molar-refractivity contribution in [1.29, 1.82) is 0 Å². The molecule has 1 aromatic heterocycles. The minimum Gasteiger partial charge on any atom is -0.465 e. The zero-order valence-electron chi connectivity index (χ0n) is 16.9. The van der Waals surface area contributed by atoms with E-state index in [9.17, 15) is 9.59 Å². The number of carbonyl (C=O) groups excluding carboxylic acids is 2. The number of aryl methyl sites for hydroxylation is 1. The summed E-state index contributed by atoms with van der Waals surface area (Å²) in [5, 5.41) is 3.24. The first-order valence-corrected chi connectivity index (χ1v) is 10.8. The first-order chi connectivity index (χ1) is 14.0. The van der Waals surface area contributed by atoms with Gasteiger partial charge < -0.3 is 9.47 Å². The predicted octanol–water partition coefficient (Wildman–Crippen LogP) is 5.01. The standard InChI is InChI=1S/C24H24O4S/c1-4-27-22(25)24(23(26)28-5-2)14-17-13-19-18(11-12-29-19)15(3)20(17)21(24)16-9-7-6-8-10-16/h6-13,21H,4-5,14H2,1-3H3. The summed E-state index contributed by atoms with van der Waals surface area (Å²) in [6.07, 6.45) is 0.286. The van der Waals surface area contributed by atoms with Gasteiger partial charge in [-0.2, -0.15) is 0 Å². The molecule has 0 bridgehead atoms. The van der Waals surface area contributed by atoms with Crippen LogP contribution in [0.3, 0.4) is 0 Å². The molecule has 1 aliphatic rings. The molecule has 1 unspecified atom stereocenters. The van der Waals surface area contributed by atoms with E-state index in [-0.39, 0.29) is 19.6 Å². The minimum absolute atomic E-state index is 0.214. The van der Waals surface area contributed by atoms with Crippen LogP contribution in [0, 0.1) is 12.3 Å². The highest BCUT2D eigenvalue weighted by Gasteiger charge is 2.60. The number of hydrogen-bond acceptors (Lipinski definition) is 5. The van der Waals surface area contributed by atoms with E-state index < -0.39 is 23.3 Å². The molecule has 0 spiro atoms. The zero-order valence-corrected chi connectivity index (χ0v) is 17.7. The predicted molar refractivity (Wildman–Crippen MR) is 114 cm³/mol. The van der Waals surface area contributed by atoms with Crippen LogP contribution < -0.4 is 0 Å². The Morgan fingerprint density at radius 1 is 1.07 bits per heavy atom. The number of fused-ring (bicyclic) bond motifs is 2. The average Bonchev–Trinajstić information content (AvgIpc) is 3.32. The molecule has 4 rings (SSSR count). The van der Waals surface area contributed by atoms with Crippen LogP contribution in [0.4, 0.5) is 0 Å². The molecular weight excluding hydrogens is 384 g/mol. The first kappa shape index (κ1) is 19.6. The molecule has 0 radical (unpaired) electrons. The molecule has 2 aromatic carbocycles. The monoisotopic (exact) mass is 408 g/mol. The molecule has 0 amide bonds. The Morgan fingerprint density at radius 2 is 1.72 bits per heavy atom. The van der Waals surface area contributed by atoms with Crippen molar-refractivity contribution in [3.63, 3.8) is 0 Å². The summed E-state index contributed by atoms with van der Waals surface area (Å²) in [5.41, 5.74) is 2.69. The van der Waals surface area contributed by atoms with Gasteiger partial charge >= 0.3 is 11.9 Å². The number of rotatable bonds is 5. The smallest absolute Gasteiger partial charge is 0.324 e. The molecule has 0 saturated heterocycles. The van der Waals surface area contributed by atoms with Crippen LogP contribution in [0.15, 0.2) is 47.8 Å². The molecule has 1 heterocycles. The van der Waals surface area contributed by atoms with E-state index >= 15 is 0 Å². The van der Waals surface area contributed by atoms with Crippen LogP contribution in [0.1, 0.15) is 42.0 Å². The maximum absolute atomic E-state index is 13.4. The van der Waals surface area contributed by atoms with Gasteiger partial charge in [-0.3, -0.25) is 9.59 Å². The fraction of sp³-hybridized carbons (Fsp3) is 0.333. The highest BCUT2D eigenvalue weighted by Crippen LogP contribution is 2.55. The fourth-order valence-electron chi connectivity index (χ4n) is 4.64. The largest absolute Gasteiger partial charge is 0.465 e. The second-order valence-corrected chi connectivity index (χ2v) is 8.29. The molecule has 1 aliphatic carbocycles. The highest BCUT2D eigenvalue weighted by atomic mass is 32.1. The summed E-state index contributed by atoms with van der Waals surface area (Å²) in [5.74, 6) is -1.46. The normalized spacial score (nSPS) is 17.1. The van der Waals surface area contributed by atoms with Gasteiger partial charge in [0.2, 0.25) is 0 Å². The summed E-state index contributed by atoms with van der Waals surface area (Å²) in [6, 6.07) is 14.0. The number of hydrogen-bond donors (Lipinski definition) is 0. The Hall–Kier alpha value is -2.66. The van der Waals surface area contributed by atoms with Crippen LogP contribution in [-0.2, 0) is 25.5 Å². The van der Waals surface area contributed by atoms with Crippen molar-refractivity contribution in [3.8, 4) is 0 Å². The van der Waals surface area contributed by atoms with Crippen LogP contribution in [0.5, 0.6) is 0 Å². The number of carbonyl (C=O) groups is 2. The van der Waals surface area contributed by atoms with Gasteiger partial charge in [-0.25, -0.2) is 0 Å². The molecule has 3 aromatic rings. The van der Waals surface area contributed by atoms with Gasteiger partial charge in [-0.1, -0.05) is 30.3 Å². The lowest BCUT2D eigenvalue weighted by molar-refractivity contribution is -0.172. The van der Waals surface area contributed by atoms with Crippen LogP contribution in [-0.4, -0.2) is 25.2 Å². The Labute approximate surface area is 174 Å². The molecule has 150 valence electrons. The van der Waals surface area contributed by atoms with Gasteiger partial charge in [0.25, 0.3) is 0 Å². The Morgan fingerprint density at radius 3 is 2.34 bits per heavy atom. The summed E-state index contributed by atoms with van der Waals surface area (Å²) in [4.78, 5) is 26.7. The van der Waals surface area contributed by atoms with Gasteiger partial charge in [0.1, 0.15) is 0 Å². The van der Waals surface area contributed by atoms with Gasteiger partial charge in [-0.05, 0) is 65.9 Å². The van der Waals surface area contributed by atoms with E-state index in [1.54, 1.807) is 25.2 Å². The maximum atomic E-state index is 13.4. The van der Waals surface area contributed by atoms with Gasteiger partial charge in [-0.15, -0.1) is 11.3 Å². The number of thiophene rings is 1. The van der Waals surface area contributed by atoms with Gasteiger partial charge in [0, 0.05) is 17.0 Å². The fourth-order valence-corrected chi connectivity index (χ4v) is 5.55. The van der Waals surface area contributed by atoms with Crippen LogP contribution >= 0.6 is 11.3 Å². The van der Waals surface area contributed by atoms with Crippen molar-refractivity contribution in [1.82, 2.24) is 0 Å². The summed E-state index contributed by atoms with van der Waals surface area (Å²) >= 11 is 1.67. The molecule has 5 heteroatoms. The molecule has 0 N–H and O–H groups in total. The van der Waals surface area contributed by atoms with Crippen molar-refractivity contribution in [2.24, 2.45) is 5.41 Å². The average molecular weight is 409 g/mol. The zero-order chi connectivity index (χ0) is 20.6. The summed E-state index contributed by atoms with van der Waals surface area (Å²) < 4.78 is 12.1. The third-order valence-corrected chi connectivity index (χ3v) is 6.68. The molecule has 0 saturated carbocycles. The Balaban J connectivity index is 2.02. The second kappa shape index (κ2) is 7.64. The second-order valence-electron chi connectivity index (χ2n) is 7.34. The SMILES string of the molecule is CCOC(=O)C1(C(=O)OCC)Cc2cc3sccc3c(C)c2C1c1ccccc1. The maximum Gasteiger partial charge on any atom is 0.324 e. The van der Waals surface area contributed by atoms with E-state index in [4.69, 9.17) is 9.47 Å². The highest BCUT2D eigenvalue weighted by molar-refractivity contribution is 7.17. The van der Waals surface area contributed by atoms with Crippen molar-refractivity contribution in [2.45, 2.75) is 33.1 Å². The van der Waals surface area contributed by atoms with Crippen molar-refractivity contribution in [2.75, 3.05) is 13.2 Å². The summed E-state index contributed by atoms with van der Waals surface area (Å²) in [6.45, 7) is 6.03. The lowest BCUT2D eigenvalue weighted by Gasteiger charge is -2.32. The number of esters is 2. The quantitative estimate of drug-likeness (QED) is 0.440. The van der Waals surface area contributed by atoms with Crippen molar-refractivity contribution < 1.29 is 19.1 Å². The number of benzene rings is 2. The third kappa shape index (κ3) is 2.96. The Kier molecular flexibility index (Phi) is 5.17. The molecule has 0 fully saturated rings. The van der Waals surface area contributed by atoms with E-state index in [1.807, 2.05) is 30.3 Å². The topological polar surface area (TPSA) is 52.6 Å². The molecule has 1 atom stereocenters. The molecular formula is C24H24O4S. The molecule has 4 nitrogen and oxygen atoms in total.